The summed E-state index contributed by atoms with van der Waals surface area (Å²) in [7, 11) is 0. The number of hydrogen-bond acceptors (Lipinski definition) is 3. The van der Waals surface area contributed by atoms with Crippen LogP contribution in [-0.4, -0.2) is 21.5 Å². The van der Waals surface area contributed by atoms with Crippen molar-refractivity contribution in [3.8, 4) is 0 Å². The third kappa shape index (κ3) is 3.51. The minimum absolute atomic E-state index is 0.0622. The zero-order valence-electron chi connectivity index (χ0n) is 11.6. The zero-order valence-corrected chi connectivity index (χ0v) is 14.5. The summed E-state index contributed by atoms with van der Waals surface area (Å²) in [5.41, 5.74) is 2.24. The summed E-state index contributed by atoms with van der Waals surface area (Å²) in [4.78, 5) is 0. The lowest BCUT2D eigenvalue weighted by Gasteiger charge is -2.20. The second-order valence-electron chi connectivity index (χ2n) is 4.54. The summed E-state index contributed by atoms with van der Waals surface area (Å²) in [6.45, 7) is 5.97. The predicted molar refractivity (Wildman–Crippen MR) is 90.0 cm³/mol. The SMILES string of the molecule is CCCn1nncc1C(NCC)c1cc(Cl)ccc1I. The Balaban J connectivity index is 2.44. The number of aryl methyl sites for hydroxylation is 1. The number of hydrogen-bond donors (Lipinski definition) is 1. The first-order chi connectivity index (χ1) is 9.67. The summed E-state index contributed by atoms with van der Waals surface area (Å²) in [6.07, 6.45) is 2.86. The summed E-state index contributed by atoms with van der Waals surface area (Å²) in [5.74, 6) is 0. The molecule has 0 saturated heterocycles. The van der Waals surface area contributed by atoms with Crippen molar-refractivity contribution in [1.29, 1.82) is 0 Å². The van der Waals surface area contributed by atoms with E-state index in [9.17, 15) is 0 Å². The number of rotatable bonds is 6. The molecule has 4 nitrogen and oxygen atoms in total. The fourth-order valence-electron chi connectivity index (χ4n) is 2.19. The third-order valence-corrected chi connectivity index (χ3v) is 4.27. The second-order valence-corrected chi connectivity index (χ2v) is 6.14. The molecule has 0 radical (unpaired) electrons. The molecule has 108 valence electrons. The van der Waals surface area contributed by atoms with Crippen LogP contribution in [0.15, 0.2) is 24.4 Å². The monoisotopic (exact) mass is 404 g/mol. The Labute approximate surface area is 138 Å². The minimum atomic E-state index is 0.0622. The first kappa shape index (κ1) is 15.7. The van der Waals surface area contributed by atoms with Crippen molar-refractivity contribution in [3.63, 3.8) is 0 Å². The van der Waals surface area contributed by atoms with Gasteiger partial charge >= 0.3 is 0 Å². The average molecular weight is 405 g/mol. The molecule has 1 unspecified atom stereocenters. The van der Waals surface area contributed by atoms with Crippen molar-refractivity contribution in [3.05, 3.63) is 44.2 Å². The number of nitrogens with one attached hydrogen (secondary N) is 1. The van der Waals surface area contributed by atoms with Gasteiger partial charge in [-0.25, -0.2) is 4.68 Å². The molecular formula is C14H18ClIN4. The van der Waals surface area contributed by atoms with Crippen LogP contribution in [0.3, 0.4) is 0 Å². The molecular weight excluding hydrogens is 387 g/mol. The number of aromatic nitrogens is 3. The van der Waals surface area contributed by atoms with E-state index >= 15 is 0 Å². The van der Waals surface area contributed by atoms with Crippen molar-refractivity contribution >= 4 is 34.2 Å². The molecule has 1 heterocycles. The predicted octanol–water partition coefficient (Wildman–Crippen LogP) is 3.65. The molecule has 0 bridgehead atoms. The van der Waals surface area contributed by atoms with Gasteiger partial charge in [0.05, 0.1) is 17.9 Å². The highest BCUT2D eigenvalue weighted by Crippen LogP contribution is 2.28. The third-order valence-electron chi connectivity index (χ3n) is 3.06. The van der Waals surface area contributed by atoms with Gasteiger partial charge < -0.3 is 5.32 Å². The number of halogens is 2. The topological polar surface area (TPSA) is 42.7 Å². The molecule has 0 amide bonds. The van der Waals surface area contributed by atoms with Gasteiger partial charge in [0.15, 0.2) is 0 Å². The first-order valence-corrected chi connectivity index (χ1v) is 8.19. The molecule has 0 aliphatic heterocycles. The van der Waals surface area contributed by atoms with Crippen LogP contribution < -0.4 is 5.32 Å². The summed E-state index contributed by atoms with van der Waals surface area (Å²) in [6, 6.07) is 6.03. The minimum Gasteiger partial charge on any atom is -0.305 e. The van der Waals surface area contributed by atoms with Crippen LogP contribution in [-0.2, 0) is 6.54 Å². The van der Waals surface area contributed by atoms with Gasteiger partial charge in [-0.15, -0.1) is 5.10 Å². The van der Waals surface area contributed by atoms with Crippen molar-refractivity contribution < 1.29 is 0 Å². The van der Waals surface area contributed by atoms with E-state index < -0.39 is 0 Å². The van der Waals surface area contributed by atoms with Crippen LogP contribution in [0.25, 0.3) is 0 Å². The van der Waals surface area contributed by atoms with Crippen molar-refractivity contribution in [2.45, 2.75) is 32.9 Å². The van der Waals surface area contributed by atoms with Crippen LogP contribution in [0.4, 0.5) is 0 Å². The van der Waals surface area contributed by atoms with Gasteiger partial charge in [0.2, 0.25) is 0 Å². The molecule has 0 aliphatic rings. The molecule has 0 aliphatic carbocycles. The Kier molecular flexibility index (Phi) is 5.80. The maximum absolute atomic E-state index is 6.15. The average Bonchev–Trinajstić information content (AvgIpc) is 2.88. The normalized spacial score (nSPS) is 12.6. The van der Waals surface area contributed by atoms with Crippen LogP contribution >= 0.6 is 34.2 Å². The molecule has 1 atom stereocenters. The molecule has 1 N–H and O–H groups in total. The lowest BCUT2D eigenvalue weighted by atomic mass is 10.0. The van der Waals surface area contributed by atoms with E-state index in [1.54, 1.807) is 0 Å². The van der Waals surface area contributed by atoms with E-state index in [0.717, 1.165) is 30.2 Å². The molecule has 1 aromatic carbocycles. The Hall–Kier alpha value is -0.660. The van der Waals surface area contributed by atoms with E-state index in [1.807, 2.05) is 29.1 Å². The summed E-state index contributed by atoms with van der Waals surface area (Å²) >= 11 is 8.50. The number of nitrogens with zero attached hydrogens (tertiary/aromatic N) is 3. The van der Waals surface area contributed by atoms with Crippen molar-refractivity contribution in [1.82, 2.24) is 20.3 Å². The standard InChI is InChI=1S/C14H18ClIN4/c1-3-7-20-13(9-18-19-20)14(17-4-2)11-8-10(15)5-6-12(11)16/h5-6,8-9,14,17H,3-4,7H2,1-2H3. The van der Waals surface area contributed by atoms with Gasteiger partial charge in [-0.3, -0.25) is 0 Å². The maximum Gasteiger partial charge on any atom is 0.0802 e. The second kappa shape index (κ2) is 7.38. The first-order valence-electron chi connectivity index (χ1n) is 6.74. The fraction of sp³-hybridized carbons (Fsp3) is 0.429. The van der Waals surface area contributed by atoms with Crippen LogP contribution in [0.1, 0.15) is 37.6 Å². The molecule has 2 aromatic rings. The molecule has 0 fully saturated rings. The van der Waals surface area contributed by atoms with E-state index in [2.05, 4.69) is 52.1 Å². The highest BCUT2D eigenvalue weighted by molar-refractivity contribution is 14.1. The molecule has 1 aromatic heterocycles. The molecule has 0 saturated carbocycles. The summed E-state index contributed by atoms with van der Waals surface area (Å²) < 4.78 is 3.15. The zero-order chi connectivity index (χ0) is 14.5. The fourth-order valence-corrected chi connectivity index (χ4v) is 3.02. The van der Waals surface area contributed by atoms with E-state index in [4.69, 9.17) is 11.6 Å². The lowest BCUT2D eigenvalue weighted by molar-refractivity contribution is 0.511. The van der Waals surface area contributed by atoms with Gasteiger partial charge in [0, 0.05) is 15.1 Å². The molecule has 20 heavy (non-hydrogen) atoms. The van der Waals surface area contributed by atoms with Gasteiger partial charge in [-0.2, -0.15) is 0 Å². The Bertz CT molecular complexity index is 570. The van der Waals surface area contributed by atoms with E-state index in [1.165, 1.54) is 9.13 Å². The number of benzene rings is 1. The van der Waals surface area contributed by atoms with Gasteiger partial charge in [-0.1, -0.05) is 30.7 Å². The maximum atomic E-state index is 6.15. The van der Waals surface area contributed by atoms with Gasteiger partial charge in [-0.05, 0) is 59.3 Å². The van der Waals surface area contributed by atoms with Crippen LogP contribution in [0.5, 0.6) is 0 Å². The molecule has 2 rings (SSSR count). The largest absolute Gasteiger partial charge is 0.305 e. The Morgan fingerprint density at radius 3 is 2.90 bits per heavy atom. The van der Waals surface area contributed by atoms with Crippen molar-refractivity contribution in [2.24, 2.45) is 0 Å². The van der Waals surface area contributed by atoms with E-state index in [0.29, 0.717) is 0 Å². The quantitative estimate of drug-likeness (QED) is 0.748. The summed E-state index contributed by atoms with van der Waals surface area (Å²) in [5, 5.41) is 12.5. The highest BCUT2D eigenvalue weighted by Gasteiger charge is 2.20. The Morgan fingerprint density at radius 1 is 1.40 bits per heavy atom. The van der Waals surface area contributed by atoms with E-state index in [-0.39, 0.29) is 6.04 Å². The van der Waals surface area contributed by atoms with Gasteiger partial charge in [0.25, 0.3) is 0 Å². The van der Waals surface area contributed by atoms with Gasteiger partial charge in [0.1, 0.15) is 0 Å². The lowest BCUT2D eigenvalue weighted by Crippen LogP contribution is -2.25. The molecule has 6 heteroatoms. The Morgan fingerprint density at radius 2 is 2.20 bits per heavy atom. The van der Waals surface area contributed by atoms with Crippen LogP contribution in [0.2, 0.25) is 5.02 Å². The van der Waals surface area contributed by atoms with Crippen molar-refractivity contribution in [2.75, 3.05) is 6.54 Å². The molecule has 0 spiro atoms. The smallest absolute Gasteiger partial charge is 0.0802 e. The van der Waals surface area contributed by atoms with Crippen LogP contribution in [0, 0.1) is 3.57 Å². The highest BCUT2D eigenvalue weighted by atomic mass is 127.